The highest BCUT2D eigenvalue weighted by atomic mass is 14.0. The second-order valence-corrected chi connectivity index (χ2v) is 2.67. The Labute approximate surface area is 64.6 Å². The summed E-state index contributed by atoms with van der Waals surface area (Å²) in [5, 5.41) is 0. The predicted molar refractivity (Wildman–Crippen MR) is 45.6 cm³/mol. The molecule has 0 bridgehead atoms. The Bertz CT molecular complexity index is 107. The molecule has 0 heterocycles. The van der Waals surface area contributed by atoms with Gasteiger partial charge >= 0.3 is 0 Å². The van der Waals surface area contributed by atoms with Gasteiger partial charge in [-0.05, 0) is 38.2 Å². The Morgan fingerprint density at radius 1 is 1.60 bits per heavy atom. The normalized spacial score (nSPS) is 12.2. The second kappa shape index (κ2) is 6.64. The third-order valence-corrected chi connectivity index (χ3v) is 1.61. The van der Waals surface area contributed by atoms with E-state index in [0.717, 1.165) is 25.2 Å². The molecular weight excluding hydrogens is 120 g/mol. The molecule has 1 unspecified atom stereocenters. The van der Waals surface area contributed by atoms with Gasteiger partial charge in [-0.1, -0.05) is 19.9 Å². The highest BCUT2D eigenvalue weighted by Crippen LogP contribution is 2.11. The summed E-state index contributed by atoms with van der Waals surface area (Å²) in [6, 6.07) is 0. The molecule has 0 amide bonds. The van der Waals surface area contributed by atoms with Crippen LogP contribution < -0.4 is 0 Å². The topological polar surface area (TPSA) is 0 Å². The summed E-state index contributed by atoms with van der Waals surface area (Å²) < 4.78 is 0. The molecule has 56 valence electrons. The van der Waals surface area contributed by atoms with Crippen molar-refractivity contribution in [3.05, 3.63) is 25.3 Å². The van der Waals surface area contributed by atoms with Gasteiger partial charge in [0.1, 0.15) is 0 Å². The maximum absolute atomic E-state index is 5.40. The van der Waals surface area contributed by atoms with E-state index in [2.05, 4.69) is 19.2 Å². The molecule has 0 aromatic carbocycles. The van der Waals surface area contributed by atoms with Crippen LogP contribution in [0.1, 0.15) is 32.6 Å². The van der Waals surface area contributed by atoms with E-state index in [-0.39, 0.29) is 0 Å². The van der Waals surface area contributed by atoms with Gasteiger partial charge < -0.3 is 0 Å². The first-order valence-electron chi connectivity index (χ1n) is 3.85. The Kier molecular flexibility index (Phi) is 6.32. The van der Waals surface area contributed by atoms with Crippen LogP contribution in [0.25, 0.3) is 0 Å². The zero-order valence-electron chi connectivity index (χ0n) is 6.77. The molecule has 2 radical (unpaired) electrons. The zero-order chi connectivity index (χ0) is 7.82. The van der Waals surface area contributed by atoms with Crippen molar-refractivity contribution in [1.29, 1.82) is 0 Å². The van der Waals surface area contributed by atoms with E-state index in [0.29, 0.717) is 0 Å². The Morgan fingerprint density at radius 3 is 2.80 bits per heavy atom. The molecule has 0 fully saturated rings. The second-order valence-electron chi connectivity index (χ2n) is 2.67. The van der Waals surface area contributed by atoms with Gasteiger partial charge in [-0.15, -0.1) is 5.73 Å². The van der Waals surface area contributed by atoms with E-state index < -0.39 is 0 Å². The molecule has 0 aliphatic heterocycles. The van der Waals surface area contributed by atoms with E-state index in [9.17, 15) is 0 Å². The van der Waals surface area contributed by atoms with Crippen molar-refractivity contribution in [3.8, 4) is 0 Å². The summed E-state index contributed by atoms with van der Waals surface area (Å²) in [6.45, 7) is 11.1. The lowest BCUT2D eigenvalue weighted by atomic mass is 10.0. The Hall–Kier alpha value is -0.480. The fourth-order valence-corrected chi connectivity index (χ4v) is 0.899. The van der Waals surface area contributed by atoms with Crippen molar-refractivity contribution in [2.45, 2.75) is 32.6 Å². The molecule has 1 atom stereocenters. The molecule has 0 spiro atoms. The van der Waals surface area contributed by atoms with Crippen molar-refractivity contribution in [3.63, 3.8) is 0 Å². The van der Waals surface area contributed by atoms with Gasteiger partial charge in [-0.3, -0.25) is 0 Å². The SMILES string of the molecule is [CH]CCC(C)CCC=C=C. The minimum atomic E-state index is 0.745. The predicted octanol–water partition coefficient (Wildman–Crippen LogP) is 3.24. The molecule has 0 saturated heterocycles. The van der Waals surface area contributed by atoms with Gasteiger partial charge in [0.15, 0.2) is 0 Å². The van der Waals surface area contributed by atoms with E-state index in [1.54, 1.807) is 0 Å². The van der Waals surface area contributed by atoms with Crippen molar-refractivity contribution in [2.75, 3.05) is 0 Å². The van der Waals surface area contributed by atoms with E-state index in [1.807, 2.05) is 6.08 Å². The molecular formula is C10H16. The van der Waals surface area contributed by atoms with Gasteiger partial charge in [-0.2, -0.15) is 0 Å². The minimum absolute atomic E-state index is 0.745. The van der Waals surface area contributed by atoms with Crippen LogP contribution >= 0.6 is 0 Å². The van der Waals surface area contributed by atoms with Crippen molar-refractivity contribution in [2.24, 2.45) is 5.92 Å². The van der Waals surface area contributed by atoms with Crippen LogP contribution in [-0.4, -0.2) is 0 Å². The quantitative estimate of drug-likeness (QED) is 0.509. The fraction of sp³-hybridized carbons (Fsp3) is 0.600. The average Bonchev–Trinajstić information content (AvgIpc) is 1.89. The van der Waals surface area contributed by atoms with Gasteiger partial charge in [0.25, 0.3) is 0 Å². The van der Waals surface area contributed by atoms with E-state index in [4.69, 9.17) is 6.92 Å². The van der Waals surface area contributed by atoms with Gasteiger partial charge in [0.05, 0.1) is 0 Å². The largest absolute Gasteiger partial charge is 0.133 e. The fourth-order valence-electron chi connectivity index (χ4n) is 0.899. The average molecular weight is 136 g/mol. The zero-order valence-corrected chi connectivity index (χ0v) is 6.77. The summed E-state index contributed by atoms with van der Waals surface area (Å²) in [5.41, 5.74) is 2.76. The van der Waals surface area contributed by atoms with E-state index in [1.165, 1.54) is 6.42 Å². The molecule has 0 aromatic rings. The highest BCUT2D eigenvalue weighted by Gasteiger charge is 1.97. The molecule has 0 aliphatic carbocycles. The van der Waals surface area contributed by atoms with Crippen molar-refractivity contribution in [1.82, 2.24) is 0 Å². The third kappa shape index (κ3) is 5.65. The van der Waals surface area contributed by atoms with Crippen molar-refractivity contribution < 1.29 is 0 Å². The maximum Gasteiger partial charge on any atom is -0.0272 e. The molecule has 0 aliphatic rings. The number of rotatable bonds is 5. The summed E-state index contributed by atoms with van der Waals surface area (Å²) in [5.74, 6) is 0.745. The van der Waals surface area contributed by atoms with Crippen LogP contribution in [0.15, 0.2) is 18.4 Å². The molecule has 0 saturated carbocycles. The monoisotopic (exact) mass is 136 g/mol. The number of hydrogen-bond donors (Lipinski definition) is 0. The third-order valence-electron chi connectivity index (χ3n) is 1.61. The molecule has 0 N–H and O–H groups in total. The van der Waals surface area contributed by atoms with Crippen LogP contribution in [-0.2, 0) is 0 Å². The van der Waals surface area contributed by atoms with Gasteiger partial charge in [0.2, 0.25) is 0 Å². The van der Waals surface area contributed by atoms with Gasteiger partial charge in [0, 0.05) is 0 Å². The first-order valence-corrected chi connectivity index (χ1v) is 3.85. The first kappa shape index (κ1) is 9.52. The van der Waals surface area contributed by atoms with Gasteiger partial charge in [-0.25, -0.2) is 0 Å². The smallest absolute Gasteiger partial charge is 0.0272 e. The van der Waals surface area contributed by atoms with Crippen LogP contribution in [0, 0.1) is 12.8 Å². The van der Waals surface area contributed by atoms with Crippen LogP contribution in [0.2, 0.25) is 0 Å². The first-order chi connectivity index (χ1) is 4.81. The van der Waals surface area contributed by atoms with Crippen molar-refractivity contribution >= 4 is 0 Å². The summed E-state index contributed by atoms with van der Waals surface area (Å²) in [4.78, 5) is 0. The summed E-state index contributed by atoms with van der Waals surface area (Å²) in [6.07, 6.45) is 6.21. The lowest BCUT2D eigenvalue weighted by Gasteiger charge is -2.05. The number of allylic oxidation sites excluding steroid dienone is 1. The lowest BCUT2D eigenvalue weighted by molar-refractivity contribution is 0.501. The molecule has 0 rings (SSSR count). The number of hydrogen-bond acceptors (Lipinski definition) is 0. The van der Waals surface area contributed by atoms with Crippen LogP contribution in [0.4, 0.5) is 0 Å². The molecule has 0 aromatic heterocycles. The minimum Gasteiger partial charge on any atom is -0.133 e. The molecule has 0 heteroatoms. The summed E-state index contributed by atoms with van der Waals surface area (Å²) in [7, 11) is 0. The summed E-state index contributed by atoms with van der Waals surface area (Å²) >= 11 is 0. The lowest BCUT2D eigenvalue weighted by Crippen LogP contribution is -1.91. The standard InChI is InChI=1S/C10H16/c1-4-6-7-9-10(3)8-5-2/h2,6,10H,1,5,7-9H2,3H3. The molecule has 10 heavy (non-hydrogen) atoms. The maximum atomic E-state index is 5.40. The Balaban J connectivity index is 3.20. The van der Waals surface area contributed by atoms with Crippen LogP contribution in [0.3, 0.4) is 0 Å². The van der Waals surface area contributed by atoms with E-state index >= 15 is 0 Å². The molecule has 0 nitrogen and oxygen atoms in total. The Morgan fingerprint density at radius 2 is 2.30 bits per heavy atom. The van der Waals surface area contributed by atoms with Crippen LogP contribution in [0.5, 0.6) is 0 Å². The highest BCUT2D eigenvalue weighted by molar-refractivity contribution is 4.76.